The van der Waals surface area contributed by atoms with Gasteiger partial charge in [-0.25, -0.2) is 0 Å². The lowest BCUT2D eigenvalue weighted by atomic mass is 9.84. The van der Waals surface area contributed by atoms with E-state index >= 15 is 0 Å². The van der Waals surface area contributed by atoms with Crippen LogP contribution in [0.5, 0.6) is 0 Å². The fourth-order valence-corrected chi connectivity index (χ4v) is 4.10. The van der Waals surface area contributed by atoms with E-state index < -0.39 is 0 Å². The average molecular weight is 287 g/mol. The molecule has 0 amide bonds. The molecule has 1 aromatic rings. The zero-order valence-corrected chi connectivity index (χ0v) is 13.7. The fraction of sp³-hybridized carbons (Fsp3) is 0.667. The van der Waals surface area contributed by atoms with E-state index in [1.165, 1.54) is 49.2 Å². The lowest BCUT2D eigenvalue weighted by Gasteiger charge is -2.40. The number of benzene rings is 1. The third-order valence-corrected chi connectivity index (χ3v) is 5.24. The predicted molar refractivity (Wildman–Crippen MR) is 90.1 cm³/mol. The van der Waals surface area contributed by atoms with Crippen molar-refractivity contribution in [2.45, 2.75) is 32.2 Å². The van der Waals surface area contributed by atoms with Crippen LogP contribution in [0, 0.1) is 5.92 Å². The minimum absolute atomic E-state index is 0.578. The molecule has 0 spiro atoms. The molecule has 2 aliphatic rings. The highest BCUT2D eigenvalue weighted by atomic mass is 15.1. The van der Waals surface area contributed by atoms with Gasteiger partial charge in [0.1, 0.15) is 0 Å². The first-order chi connectivity index (χ1) is 10.2. The van der Waals surface area contributed by atoms with Gasteiger partial charge in [0.25, 0.3) is 0 Å². The van der Waals surface area contributed by atoms with Gasteiger partial charge in [0.2, 0.25) is 0 Å². The van der Waals surface area contributed by atoms with E-state index in [-0.39, 0.29) is 0 Å². The lowest BCUT2D eigenvalue weighted by molar-refractivity contribution is 0.120. The van der Waals surface area contributed by atoms with Gasteiger partial charge in [0.05, 0.1) is 0 Å². The summed E-state index contributed by atoms with van der Waals surface area (Å²) in [7, 11) is 4.49. The Kier molecular flexibility index (Phi) is 4.51. The maximum Gasteiger partial charge on any atom is 0.0397 e. The summed E-state index contributed by atoms with van der Waals surface area (Å²) in [6.45, 7) is 6.81. The number of likely N-dealkylation sites (N-methyl/N-ethyl adjacent to an activating group) is 1. The molecule has 0 aliphatic carbocycles. The molecule has 1 fully saturated rings. The maximum atomic E-state index is 3.56. The molecule has 2 heterocycles. The molecule has 21 heavy (non-hydrogen) atoms. The number of piperidine rings is 1. The first-order valence-corrected chi connectivity index (χ1v) is 8.45. The van der Waals surface area contributed by atoms with Crippen molar-refractivity contribution in [1.29, 1.82) is 0 Å². The molecule has 3 heteroatoms. The summed E-state index contributed by atoms with van der Waals surface area (Å²) in [4.78, 5) is 4.94. The summed E-state index contributed by atoms with van der Waals surface area (Å²) in [6.07, 6.45) is 3.88. The van der Waals surface area contributed by atoms with E-state index in [0.29, 0.717) is 6.04 Å². The van der Waals surface area contributed by atoms with E-state index in [1.54, 1.807) is 0 Å². The van der Waals surface area contributed by atoms with Gasteiger partial charge in [-0.1, -0.05) is 19.1 Å². The predicted octanol–water partition coefficient (Wildman–Crippen LogP) is 2.67. The topological polar surface area (TPSA) is 18.5 Å². The van der Waals surface area contributed by atoms with E-state index in [4.69, 9.17) is 0 Å². The Morgan fingerprint density at radius 1 is 1.24 bits per heavy atom. The van der Waals surface area contributed by atoms with Gasteiger partial charge in [-0.15, -0.1) is 0 Å². The molecule has 1 saturated heterocycles. The van der Waals surface area contributed by atoms with Gasteiger partial charge in [-0.05, 0) is 69.1 Å². The van der Waals surface area contributed by atoms with Crippen molar-refractivity contribution in [3.05, 3.63) is 29.3 Å². The highest BCUT2D eigenvalue weighted by Crippen LogP contribution is 2.37. The number of rotatable bonds is 4. The Bertz CT molecular complexity index is 485. The monoisotopic (exact) mass is 287 g/mol. The molecule has 0 radical (unpaired) electrons. The minimum Gasteiger partial charge on any atom is -0.374 e. The van der Waals surface area contributed by atoms with Gasteiger partial charge in [0, 0.05) is 25.3 Å². The molecular weight excluding hydrogens is 258 g/mol. The van der Waals surface area contributed by atoms with Gasteiger partial charge in [0.15, 0.2) is 0 Å². The van der Waals surface area contributed by atoms with Crippen LogP contribution in [0.4, 0.5) is 5.69 Å². The fourth-order valence-electron chi connectivity index (χ4n) is 4.10. The number of anilines is 1. The molecule has 2 unspecified atom stereocenters. The normalized spacial score (nSPS) is 26.1. The Labute approximate surface area is 129 Å². The summed E-state index contributed by atoms with van der Waals surface area (Å²) in [5.41, 5.74) is 4.49. The average Bonchev–Trinajstić information content (AvgIpc) is 2.86. The number of likely N-dealkylation sites (tertiary alicyclic amines) is 1. The van der Waals surface area contributed by atoms with E-state index in [1.807, 2.05) is 0 Å². The smallest absolute Gasteiger partial charge is 0.0397 e. The van der Waals surface area contributed by atoms with Gasteiger partial charge in [-0.3, -0.25) is 4.90 Å². The van der Waals surface area contributed by atoms with Crippen molar-refractivity contribution in [2.24, 2.45) is 5.92 Å². The highest BCUT2D eigenvalue weighted by Gasteiger charge is 2.31. The number of hydrogen-bond donors (Lipinski definition) is 1. The van der Waals surface area contributed by atoms with Gasteiger partial charge >= 0.3 is 0 Å². The van der Waals surface area contributed by atoms with Crippen LogP contribution in [0.15, 0.2) is 18.2 Å². The third kappa shape index (κ3) is 2.95. The third-order valence-electron chi connectivity index (χ3n) is 5.24. The molecule has 2 atom stereocenters. The lowest BCUT2D eigenvalue weighted by Crippen LogP contribution is -2.40. The molecule has 1 aromatic carbocycles. The second-order valence-corrected chi connectivity index (χ2v) is 6.70. The Balaban J connectivity index is 1.85. The van der Waals surface area contributed by atoms with E-state index in [2.05, 4.69) is 54.3 Å². The first kappa shape index (κ1) is 14.9. The van der Waals surface area contributed by atoms with Crippen LogP contribution in [0.3, 0.4) is 0 Å². The van der Waals surface area contributed by atoms with Crippen molar-refractivity contribution in [1.82, 2.24) is 10.2 Å². The number of nitrogens with one attached hydrogen (secondary N) is 1. The largest absolute Gasteiger partial charge is 0.374 e. The highest BCUT2D eigenvalue weighted by molar-refractivity contribution is 5.58. The van der Waals surface area contributed by atoms with Gasteiger partial charge < -0.3 is 10.2 Å². The van der Waals surface area contributed by atoms with Gasteiger partial charge in [-0.2, -0.15) is 0 Å². The molecule has 0 aromatic heterocycles. The molecule has 1 N–H and O–H groups in total. The SMILES string of the molecule is CCNCC1CCCN(C)C1c1ccc2c(c1)CCN2C. The molecule has 0 saturated carbocycles. The summed E-state index contributed by atoms with van der Waals surface area (Å²) < 4.78 is 0. The molecule has 3 rings (SSSR count). The van der Waals surface area contributed by atoms with E-state index in [0.717, 1.165) is 19.0 Å². The Morgan fingerprint density at radius 3 is 2.90 bits per heavy atom. The van der Waals surface area contributed by atoms with Crippen LogP contribution < -0.4 is 10.2 Å². The van der Waals surface area contributed by atoms with Crippen molar-refractivity contribution in [2.75, 3.05) is 45.2 Å². The summed E-state index contributed by atoms with van der Waals surface area (Å²) in [6, 6.07) is 7.76. The van der Waals surface area contributed by atoms with Crippen molar-refractivity contribution >= 4 is 5.69 Å². The number of nitrogens with zero attached hydrogens (tertiary/aromatic N) is 2. The molecule has 3 nitrogen and oxygen atoms in total. The molecule has 116 valence electrons. The Morgan fingerprint density at radius 2 is 2.10 bits per heavy atom. The van der Waals surface area contributed by atoms with Crippen molar-refractivity contribution in [3.8, 4) is 0 Å². The van der Waals surface area contributed by atoms with Crippen molar-refractivity contribution in [3.63, 3.8) is 0 Å². The Hall–Kier alpha value is -1.06. The summed E-state index contributed by atoms with van der Waals surface area (Å²) in [5, 5.41) is 3.56. The number of hydrogen-bond acceptors (Lipinski definition) is 3. The summed E-state index contributed by atoms with van der Waals surface area (Å²) >= 11 is 0. The zero-order valence-electron chi connectivity index (χ0n) is 13.7. The minimum atomic E-state index is 0.578. The van der Waals surface area contributed by atoms with Crippen LogP contribution in [0.1, 0.15) is 36.9 Å². The second kappa shape index (κ2) is 6.37. The van der Waals surface area contributed by atoms with Crippen LogP contribution in [0.25, 0.3) is 0 Å². The van der Waals surface area contributed by atoms with E-state index in [9.17, 15) is 0 Å². The summed E-state index contributed by atoms with van der Waals surface area (Å²) in [5.74, 6) is 0.737. The zero-order chi connectivity index (χ0) is 14.8. The maximum absolute atomic E-state index is 3.56. The molecule has 0 bridgehead atoms. The van der Waals surface area contributed by atoms with Crippen LogP contribution >= 0.6 is 0 Å². The number of fused-ring (bicyclic) bond motifs is 1. The first-order valence-electron chi connectivity index (χ1n) is 8.45. The van der Waals surface area contributed by atoms with Crippen molar-refractivity contribution < 1.29 is 0 Å². The molecular formula is C18H29N3. The quantitative estimate of drug-likeness (QED) is 0.918. The van der Waals surface area contributed by atoms with Crippen LogP contribution in [-0.4, -0.2) is 45.2 Å². The standard InChI is InChI=1S/C18H29N3/c1-4-19-13-16-6-5-10-21(3)18(16)15-7-8-17-14(12-15)9-11-20(17)2/h7-8,12,16,18-19H,4-6,9-11,13H2,1-3H3. The van der Waals surface area contributed by atoms with Crippen LogP contribution in [0.2, 0.25) is 0 Å². The molecule has 2 aliphatic heterocycles. The second-order valence-electron chi connectivity index (χ2n) is 6.70. The van der Waals surface area contributed by atoms with Crippen LogP contribution in [-0.2, 0) is 6.42 Å².